The van der Waals surface area contributed by atoms with Crippen molar-refractivity contribution in [2.45, 2.75) is 13.0 Å². The van der Waals surface area contributed by atoms with Gasteiger partial charge in [0.1, 0.15) is 0 Å². The van der Waals surface area contributed by atoms with Gasteiger partial charge in [0, 0.05) is 5.69 Å². The predicted molar refractivity (Wildman–Crippen MR) is 86.1 cm³/mol. The van der Waals surface area contributed by atoms with Crippen LogP contribution in [0.25, 0.3) is 0 Å². The molecule has 0 spiro atoms. The average Bonchev–Trinajstić information content (AvgIpc) is 2.55. The Kier molecular flexibility index (Phi) is 5.34. The standard InChI is InChI=1S/C17H13ClN2O3/c1-11(23-17(22)14-7-2-3-8-15(14)18)16(21)20-13-6-4-5-12(9-13)10-19/h2-9,11H,1H3,(H,20,21)/t11-/m0/s1. The number of hydrogen-bond donors (Lipinski definition) is 1. The number of rotatable bonds is 4. The summed E-state index contributed by atoms with van der Waals surface area (Å²) in [7, 11) is 0. The highest BCUT2D eigenvalue weighted by atomic mass is 35.5. The van der Waals surface area contributed by atoms with Crippen LogP contribution in [0, 0.1) is 11.3 Å². The van der Waals surface area contributed by atoms with Gasteiger partial charge >= 0.3 is 5.97 Å². The van der Waals surface area contributed by atoms with Crippen LogP contribution in [-0.2, 0) is 9.53 Å². The first kappa shape index (κ1) is 16.5. The lowest BCUT2D eigenvalue weighted by Crippen LogP contribution is -2.30. The molecule has 6 heteroatoms. The lowest BCUT2D eigenvalue weighted by atomic mass is 10.2. The molecule has 116 valence electrons. The maximum Gasteiger partial charge on any atom is 0.340 e. The molecule has 1 amide bonds. The Morgan fingerprint density at radius 2 is 1.96 bits per heavy atom. The number of amides is 1. The zero-order valence-corrected chi connectivity index (χ0v) is 13.0. The van der Waals surface area contributed by atoms with Gasteiger partial charge in [-0.15, -0.1) is 0 Å². The van der Waals surface area contributed by atoms with Crippen molar-refractivity contribution in [2.75, 3.05) is 5.32 Å². The van der Waals surface area contributed by atoms with Gasteiger partial charge in [-0.05, 0) is 37.3 Å². The van der Waals surface area contributed by atoms with Gasteiger partial charge in [-0.25, -0.2) is 4.79 Å². The normalized spacial score (nSPS) is 11.2. The van der Waals surface area contributed by atoms with E-state index in [1.165, 1.54) is 19.1 Å². The van der Waals surface area contributed by atoms with E-state index in [1.54, 1.807) is 36.4 Å². The molecule has 1 atom stereocenters. The molecule has 2 aromatic rings. The van der Waals surface area contributed by atoms with E-state index in [1.807, 2.05) is 6.07 Å². The van der Waals surface area contributed by atoms with Crippen molar-refractivity contribution in [2.24, 2.45) is 0 Å². The van der Waals surface area contributed by atoms with Gasteiger partial charge in [0.25, 0.3) is 5.91 Å². The number of carbonyl (C=O) groups excluding carboxylic acids is 2. The molecule has 0 aliphatic heterocycles. The summed E-state index contributed by atoms with van der Waals surface area (Å²) in [5, 5.41) is 11.7. The Labute approximate surface area is 138 Å². The van der Waals surface area contributed by atoms with E-state index in [0.717, 1.165) is 0 Å². The van der Waals surface area contributed by atoms with E-state index in [0.29, 0.717) is 11.3 Å². The van der Waals surface area contributed by atoms with Gasteiger partial charge in [-0.1, -0.05) is 29.8 Å². The summed E-state index contributed by atoms with van der Waals surface area (Å²) in [6.45, 7) is 1.46. The number of halogens is 1. The van der Waals surface area contributed by atoms with Crippen molar-refractivity contribution in [1.82, 2.24) is 0 Å². The lowest BCUT2D eigenvalue weighted by Gasteiger charge is -2.14. The van der Waals surface area contributed by atoms with Crippen LogP contribution in [0.2, 0.25) is 5.02 Å². The van der Waals surface area contributed by atoms with Crippen LogP contribution >= 0.6 is 11.6 Å². The fourth-order valence-corrected chi connectivity index (χ4v) is 2.03. The second-order valence-corrected chi connectivity index (χ2v) is 5.12. The number of ether oxygens (including phenoxy) is 1. The van der Waals surface area contributed by atoms with Gasteiger partial charge in [-0.2, -0.15) is 5.26 Å². The summed E-state index contributed by atoms with van der Waals surface area (Å²) in [6, 6.07) is 14.8. The molecule has 1 N–H and O–H groups in total. The number of anilines is 1. The summed E-state index contributed by atoms with van der Waals surface area (Å²) in [5.74, 6) is -1.18. The quantitative estimate of drug-likeness (QED) is 0.872. The second-order valence-electron chi connectivity index (χ2n) is 4.71. The monoisotopic (exact) mass is 328 g/mol. The molecule has 5 nitrogen and oxygen atoms in total. The molecular weight excluding hydrogens is 316 g/mol. The highest BCUT2D eigenvalue weighted by molar-refractivity contribution is 6.33. The topological polar surface area (TPSA) is 79.2 Å². The van der Waals surface area contributed by atoms with Gasteiger partial charge < -0.3 is 10.1 Å². The van der Waals surface area contributed by atoms with Crippen molar-refractivity contribution < 1.29 is 14.3 Å². The third-order valence-electron chi connectivity index (χ3n) is 3.01. The number of nitrogens with one attached hydrogen (secondary N) is 1. The largest absolute Gasteiger partial charge is 0.449 e. The molecule has 0 fully saturated rings. The van der Waals surface area contributed by atoms with Crippen LogP contribution in [0.5, 0.6) is 0 Å². The number of nitriles is 1. The van der Waals surface area contributed by atoms with Crippen LogP contribution in [0.4, 0.5) is 5.69 Å². The number of benzene rings is 2. The predicted octanol–water partition coefficient (Wildman–Crippen LogP) is 3.40. The third kappa shape index (κ3) is 4.31. The summed E-state index contributed by atoms with van der Waals surface area (Å²) >= 11 is 5.91. The minimum atomic E-state index is -1.01. The average molecular weight is 329 g/mol. The maximum absolute atomic E-state index is 12.1. The minimum absolute atomic E-state index is 0.195. The van der Waals surface area contributed by atoms with Crippen molar-refractivity contribution in [3.05, 3.63) is 64.7 Å². The minimum Gasteiger partial charge on any atom is -0.449 e. The van der Waals surface area contributed by atoms with Crippen molar-refractivity contribution in [1.29, 1.82) is 5.26 Å². The smallest absolute Gasteiger partial charge is 0.340 e. The number of nitrogens with zero attached hydrogens (tertiary/aromatic N) is 1. The summed E-state index contributed by atoms with van der Waals surface area (Å²) in [5.41, 5.74) is 1.07. The zero-order valence-electron chi connectivity index (χ0n) is 12.2. The molecule has 2 aromatic carbocycles. The van der Waals surface area contributed by atoms with Gasteiger partial charge in [0.05, 0.1) is 22.2 Å². The number of carbonyl (C=O) groups is 2. The van der Waals surface area contributed by atoms with Crippen molar-refractivity contribution in [3.63, 3.8) is 0 Å². The highest BCUT2D eigenvalue weighted by Gasteiger charge is 2.20. The van der Waals surface area contributed by atoms with Crippen LogP contribution in [0.1, 0.15) is 22.8 Å². The fraction of sp³-hybridized carbons (Fsp3) is 0.118. The van der Waals surface area contributed by atoms with Crippen LogP contribution in [-0.4, -0.2) is 18.0 Å². The summed E-state index contributed by atoms with van der Waals surface area (Å²) < 4.78 is 5.11. The van der Waals surface area contributed by atoms with E-state index in [-0.39, 0.29) is 10.6 Å². The lowest BCUT2D eigenvalue weighted by molar-refractivity contribution is -0.123. The Bertz CT molecular complexity index is 783. The Morgan fingerprint density at radius 1 is 1.22 bits per heavy atom. The van der Waals surface area contributed by atoms with Gasteiger partial charge in [0.15, 0.2) is 6.10 Å². The zero-order chi connectivity index (χ0) is 16.8. The highest BCUT2D eigenvalue weighted by Crippen LogP contribution is 2.17. The van der Waals surface area contributed by atoms with E-state index < -0.39 is 18.0 Å². The van der Waals surface area contributed by atoms with E-state index >= 15 is 0 Å². The van der Waals surface area contributed by atoms with E-state index in [4.69, 9.17) is 21.6 Å². The first-order valence-electron chi connectivity index (χ1n) is 6.78. The van der Waals surface area contributed by atoms with Crippen molar-refractivity contribution >= 4 is 29.2 Å². The Morgan fingerprint density at radius 3 is 2.65 bits per heavy atom. The number of hydrogen-bond acceptors (Lipinski definition) is 4. The first-order chi connectivity index (χ1) is 11.0. The van der Waals surface area contributed by atoms with E-state index in [9.17, 15) is 9.59 Å². The molecule has 0 saturated heterocycles. The molecule has 0 heterocycles. The van der Waals surface area contributed by atoms with Crippen LogP contribution in [0.3, 0.4) is 0 Å². The molecule has 0 saturated carbocycles. The SMILES string of the molecule is C[C@H](OC(=O)c1ccccc1Cl)C(=O)Nc1cccc(C#N)c1. The molecule has 0 radical (unpaired) electrons. The van der Waals surface area contributed by atoms with Crippen LogP contribution < -0.4 is 5.32 Å². The Balaban J connectivity index is 2.01. The summed E-state index contributed by atoms with van der Waals surface area (Å²) in [4.78, 5) is 24.1. The first-order valence-corrected chi connectivity index (χ1v) is 7.15. The van der Waals surface area contributed by atoms with Gasteiger partial charge in [-0.3, -0.25) is 4.79 Å². The van der Waals surface area contributed by atoms with Crippen LogP contribution in [0.15, 0.2) is 48.5 Å². The second kappa shape index (κ2) is 7.43. The molecule has 0 aliphatic carbocycles. The molecule has 0 bridgehead atoms. The summed E-state index contributed by atoms with van der Waals surface area (Å²) in [6.07, 6.45) is -1.01. The molecule has 0 unspecified atom stereocenters. The van der Waals surface area contributed by atoms with Crippen molar-refractivity contribution in [3.8, 4) is 6.07 Å². The van der Waals surface area contributed by atoms with Gasteiger partial charge in [0.2, 0.25) is 0 Å². The molecule has 23 heavy (non-hydrogen) atoms. The molecule has 0 aromatic heterocycles. The fourth-order valence-electron chi connectivity index (χ4n) is 1.81. The van der Waals surface area contributed by atoms with E-state index in [2.05, 4.69) is 5.32 Å². The molecular formula is C17H13ClN2O3. The Hall–Kier alpha value is -2.84. The number of esters is 1. The molecule has 0 aliphatic rings. The third-order valence-corrected chi connectivity index (χ3v) is 3.34. The maximum atomic E-state index is 12.1. The molecule has 2 rings (SSSR count).